The van der Waals surface area contributed by atoms with Crippen molar-refractivity contribution in [1.29, 1.82) is 0 Å². The number of carbonyl (C=O) groups excluding carboxylic acids is 1. The van der Waals surface area contributed by atoms with Crippen molar-refractivity contribution in [3.05, 3.63) is 12.7 Å². The fourth-order valence-corrected chi connectivity index (χ4v) is 2.51. The Bertz CT molecular complexity index is 343. The second-order valence-corrected chi connectivity index (χ2v) is 4.82. The van der Waals surface area contributed by atoms with Crippen LogP contribution in [-0.2, 0) is 4.79 Å². The minimum absolute atomic E-state index is 0.0287. The summed E-state index contributed by atoms with van der Waals surface area (Å²) in [4.78, 5) is 25.0. The second kappa shape index (κ2) is 5.89. The van der Waals surface area contributed by atoms with Crippen molar-refractivity contribution in [2.45, 2.75) is 51.1 Å². The van der Waals surface area contributed by atoms with E-state index >= 15 is 0 Å². The lowest BCUT2D eigenvalue weighted by molar-refractivity contribution is -0.148. The number of likely N-dealkylation sites (tertiary alicyclic amines) is 1. The highest BCUT2D eigenvalue weighted by atomic mass is 16.4. The highest BCUT2D eigenvalue weighted by molar-refractivity contribution is 5.87. The van der Waals surface area contributed by atoms with Gasteiger partial charge in [0.05, 0.1) is 0 Å². The van der Waals surface area contributed by atoms with Gasteiger partial charge in [0.25, 0.3) is 0 Å². The summed E-state index contributed by atoms with van der Waals surface area (Å²) < 4.78 is 0. The zero-order valence-corrected chi connectivity index (χ0v) is 11.1. The molecule has 2 atom stereocenters. The molecule has 1 fully saturated rings. The maximum atomic E-state index is 12.1. The summed E-state index contributed by atoms with van der Waals surface area (Å²) in [7, 11) is 0. The predicted octanol–water partition coefficient (Wildman–Crippen LogP) is 1.99. The minimum atomic E-state index is -1.03. The van der Waals surface area contributed by atoms with Crippen molar-refractivity contribution < 1.29 is 14.7 Å². The third-order valence-corrected chi connectivity index (χ3v) is 3.61. The molecule has 1 heterocycles. The molecule has 1 saturated heterocycles. The second-order valence-electron chi connectivity index (χ2n) is 4.82. The molecule has 5 nitrogen and oxygen atoms in total. The van der Waals surface area contributed by atoms with E-state index in [2.05, 4.69) is 11.9 Å². The van der Waals surface area contributed by atoms with Gasteiger partial charge in [-0.3, -0.25) is 0 Å². The first kappa shape index (κ1) is 14.5. The number of nitrogens with zero attached hydrogens (tertiary/aromatic N) is 1. The summed E-state index contributed by atoms with van der Waals surface area (Å²) >= 11 is 0. The van der Waals surface area contributed by atoms with Crippen LogP contribution in [0.15, 0.2) is 12.7 Å². The highest BCUT2D eigenvalue weighted by Gasteiger charge is 2.48. The smallest absolute Gasteiger partial charge is 0.329 e. The van der Waals surface area contributed by atoms with Crippen LogP contribution in [0.1, 0.15) is 39.5 Å². The summed E-state index contributed by atoms with van der Waals surface area (Å²) in [6.45, 7) is 7.82. The zero-order valence-electron chi connectivity index (χ0n) is 11.1. The molecule has 1 rings (SSSR count). The lowest BCUT2D eigenvalue weighted by Gasteiger charge is -2.34. The number of aliphatic carboxylic acids is 1. The number of urea groups is 1. The lowest BCUT2D eigenvalue weighted by Crippen LogP contribution is -2.56. The van der Waals surface area contributed by atoms with E-state index in [-0.39, 0.29) is 12.1 Å². The first-order chi connectivity index (χ1) is 8.47. The van der Waals surface area contributed by atoms with E-state index < -0.39 is 11.5 Å². The van der Waals surface area contributed by atoms with Crippen LogP contribution in [0.2, 0.25) is 0 Å². The van der Waals surface area contributed by atoms with Crippen LogP contribution in [0, 0.1) is 0 Å². The molecule has 1 aliphatic heterocycles. The standard InChI is InChI=1S/C13H22N2O3/c1-4-7-10(3)14-12(18)15-9-6-8-13(15,5-2)11(16)17/h4,10H,1,5-9H2,2-3H3,(H,14,18)(H,16,17). The minimum Gasteiger partial charge on any atom is -0.479 e. The van der Waals surface area contributed by atoms with Gasteiger partial charge in [0.1, 0.15) is 5.54 Å². The fourth-order valence-electron chi connectivity index (χ4n) is 2.51. The van der Waals surface area contributed by atoms with E-state index in [1.807, 2.05) is 13.8 Å². The average Bonchev–Trinajstić information content (AvgIpc) is 2.73. The van der Waals surface area contributed by atoms with E-state index in [4.69, 9.17) is 0 Å². The normalized spacial score (nSPS) is 24.7. The summed E-state index contributed by atoms with van der Waals surface area (Å²) in [6, 6.07) is -0.315. The van der Waals surface area contributed by atoms with Gasteiger partial charge in [0.15, 0.2) is 0 Å². The Morgan fingerprint density at radius 3 is 2.78 bits per heavy atom. The van der Waals surface area contributed by atoms with Crippen LogP contribution in [0.5, 0.6) is 0 Å². The van der Waals surface area contributed by atoms with E-state index in [1.165, 1.54) is 4.90 Å². The molecule has 2 N–H and O–H groups in total. The zero-order chi connectivity index (χ0) is 13.8. The van der Waals surface area contributed by atoms with Gasteiger partial charge < -0.3 is 15.3 Å². The van der Waals surface area contributed by atoms with Gasteiger partial charge in [-0.25, -0.2) is 9.59 Å². The number of hydrogen-bond donors (Lipinski definition) is 2. The van der Waals surface area contributed by atoms with Crippen molar-refractivity contribution in [3.63, 3.8) is 0 Å². The van der Waals surface area contributed by atoms with Crippen LogP contribution in [0.25, 0.3) is 0 Å². The number of amides is 2. The molecule has 0 aromatic carbocycles. The summed E-state index contributed by atoms with van der Waals surface area (Å²) in [5.41, 5.74) is -1.03. The van der Waals surface area contributed by atoms with Crippen LogP contribution in [0.4, 0.5) is 4.79 Å². The largest absolute Gasteiger partial charge is 0.479 e. The Kier molecular flexibility index (Phi) is 4.76. The summed E-state index contributed by atoms with van der Waals surface area (Å²) in [6.07, 6.45) is 4.11. The molecular formula is C13H22N2O3. The van der Waals surface area contributed by atoms with Crippen molar-refractivity contribution in [1.82, 2.24) is 10.2 Å². The molecule has 0 aromatic rings. The van der Waals surface area contributed by atoms with Gasteiger partial charge in [0.2, 0.25) is 0 Å². The molecule has 2 unspecified atom stereocenters. The van der Waals surface area contributed by atoms with Gasteiger partial charge in [0, 0.05) is 12.6 Å². The van der Waals surface area contributed by atoms with E-state index in [0.29, 0.717) is 25.8 Å². The molecule has 2 amide bonds. The molecule has 0 bridgehead atoms. The van der Waals surface area contributed by atoms with Gasteiger partial charge >= 0.3 is 12.0 Å². The predicted molar refractivity (Wildman–Crippen MR) is 69.4 cm³/mol. The number of hydrogen-bond acceptors (Lipinski definition) is 2. The Morgan fingerprint density at radius 2 is 2.28 bits per heavy atom. The molecule has 102 valence electrons. The maximum Gasteiger partial charge on any atom is 0.329 e. The molecular weight excluding hydrogens is 232 g/mol. The molecule has 0 aromatic heterocycles. The Morgan fingerprint density at radius 1 is 1.61 bits per heavy atom. The van der Waals surface area contributed by atoms with Crippen molar-refractivity contribution in [2.75, 3.05) is 6.54 Å². The van der Waals surface area contributed by atoms with Crippen LogP contribution < -0.4 is 5.32 Å². The molecule has 0 aliphatic carbocycles. The number of carboxylic acid groups (broad SMARTS) is 1. The maximum absolute atomic E-state index is 12.1. The summed E-state index contributed by atoms with van der Waals surface area (Å²) in [5.74, 6) is -0.908. The third kappa shape index (κ3) is 2.66. The third-order valence-electron chi connectivity index (χ3n) is 3.61. The average molecular weight is 254 g/mol. The monoisotopic (exact) mass is 254 g/mol. The van der Waals surface area contributed by atoms with Crippen molar-refractivity contribution in [3.8, 4) is 0 Å². The molecule has 1 aliphatic rings. The Hall–Kier alpha value is -1.52. The van der Waals surface area contributed by atoms with Crippen molar-refractivity contribution in [2.24, 2.45) is 0 Å². The van der Waals surface area contributed by atoms with Crippen LogP contribution in [-0.4, -0.2) is 40.1 Å². The van der Waals surface area contributed by atoms with E-state index in [0.717, 1.165) is 6.42 Å². The summed E-state index contributed by atoms with van der Waals surface area (Å²) in [5, 5.41) is 12.2. The van der Waals surface area contributed by atoms with Crippen LogP contribution in [0.3, 0.4) is 0 Å². The first-order valence-corrected chi connectivity index (χ1v) is 6.40. The van der Waals surface area contributed by atoms with E-state index in [9.17, 15) is 14.7 Å². The molecule has 18 heavy (non-hydrogen) atoms. The fraction of sp³-hybridized carbons (Fsp3) is 0.692. The number of rotatable bonds is 5. The van der Waals surface area contributed by atoms with Gasteiger partial charge in [-0.1, -0.05) is 13.0 Å². The Balaban J connectivity index is 2.77. The molecule has 0 saturated carbocycles. The quantitative estimate of drug-likeness (QED) is 0.737. The topological polar surface area (TPSA) is 69.6 Å². The SMILES string of the molecule is C=CCC(C)NC(=O)N1CCCC1(CC)C(=O)O. The molecule has 5 heteroatoms. The van der Waals surface area contributed by atoms with Gasteiger partial charge in [-0.05, 0) is 32.6 Å². The highest BCUT2D eigenvalue weighted by Crippen LogP contribution is 2.32. The molecule has 0 spiro atoms. The number of nitrogens with one attached hydrogen (secondary N) is 1. The van der Waals surface area contributed by atoms with Gasteiger partial charge in [-0.15, -0.1) is 6.58 Å². The van der Waals surface area contributed by atoms with Crippen molar-refractivity contribution >= 4 is 12.0 Å². The van der Waals surface area contributed by atoms with E-state index in [1.54, 1.807) is 6.08 Å². The number of carboxylic acids is 1. The first-order valence-electron chi connectivity index (χ1n) is 6.40. The lowest BCUT2D eigenvalue weighted by atomic mass is 9.93. The van der Waals surface area contributed by atoms with Crippen LogP contribution >= 0.6 is 0 Å². The molecule has 0 radical (unpaired) electrons. The van der Waals surface area contributed by atoms with Gasteiger partial charge in [-0.2, -0.15) is 0 Å². The Labute approximate surface area is 108 Å². The number of carbonyl (C=O) groups is 2.